The van der Waals surface area contributed by atoms with Crippen molar-refractivity contribution in [3.05, 3.63) is 83.6 Å². The van der Waals surface area contributed by atoms with Gasteiger partial charge in [0.25, 0.3) is 0 Å². The lowest BCUT2D eigenvalue weighted by atomic mass is 10.1. The van der Waals surface area contributed by atoms with E-state index in [1.54, 1.807) is 42.5 Å². The summed E-state index contributed by atoms with van der Waals surface area (Å²) in [6.07, 6.45) is 4.30. The molecule has 142 valence electrons. The molecule has 0 unspecified atom stereocenters. The van der Waals surface area contributed by atoms with Gasteiger partial charge in [-0.1, -0.05) is 12.1 Å². The maximum atomic E-state index is 13.0. The number of halogens is 1. The van der Waals surface area contributed by atoms with E-state index < -0.39 is 11.9 Å². The van der Waals surface area contributed by atoms with E-state index in [0.717, 1.165) is 5.56 Å². The third-order valence-corrected chi connectivity index (χ3v) is 3.76. The van der Waals surface area contributed by atoms with E-state index in [1.165, 1.54) is 31.5 Å². The number of esters is 2. The van der Waals surface area contributed by atoms with E-state index >= 15 is 0 Å². The molecule has 0 amide bonds. The third kappa shape index (κ3) is 4.91. The zero-order chi connectivity index (χ0) is 19.9. The largest absolute Gasteiger partial charge is 0.465 e. The molecule has 3 rings (SSSR count). The Morgan fingerprint density at radius 1 is 1.11 bits per heavy atom. The molecule has 0 saturated heterocycles. The first-order chi connectivity index (χ1) is 13.5. The van der Waals surface area contributed by atoms with Crippen LogP contribution in [0, 0.1) is 5.82 Å². The average molecular weight is 381 g/mol. The van der Waals surface area contributed by atoms with Gasteiger partial charge in [0.05, 0.1) is 18.9 Å². The van der Waals surface area contributed by atoms with Crippen LogP contribution in [0.5, 0.6) is 0 Å². The molecule has 0 aliphatic carbocycles. The van der Waals surface area contributed by atoms with Crippen LogP contribution in [0.1, 0.15) is 21.8 Å². The van der Waals surface area contributed by atoms with Crippen LogP contribution in [-0.4, -0.2) is 24.0 Å². The Bertz CT molecular complexity index is 990. The molecule has 1 heterocycles. The minimum absolute atomic E-state index is 0.133. The Labute approximate surface area is 160 Å². The molecule has 0 fully saturated rings. The maximum absolute atomic E-state index is 13.0. The first-order valence-electron chi connectivity index (χ1n) is 8.29. The quantitative estimate of drug-likeness (QED) is 0.474. The first-order valence-corrected chi connectivity index (χ1v) is 8.29. The van der Waals surface area contributed by atoms with Gasteiger partial charge in [0.15, 0.2) is 12.4 Å². The molecule has 0 saturated carbocycles. The van der Waals surface area contributed by atoms with Gasteiger partial charge in [-0.15, -0.1) is 0 Å². The first kappa shape index (κ1) is 19.0. The number of aromatic nitrogens is 1. The Hall–Kier alpha value is -3.74. The second-order valence-corrected chi connectivity index (χ2v) is 5.68. The molecule has 6 nitrogen and oxygen atoms in total. The summed E-state index contributed by atoms with van der Waals surface area (Å²) in [5.74, 6) is -0.667. The Morgan fingerprint density at radius 2 is 1.82 bits per heavy atom. The zero-order valence-corrected chi connectivity index (χ0v) is 14.9. The molecule has 7 heteroatoms. The molecule has 0 radical (unpaired) electrons. The number of carbonyl (C=O) groups is 2. The SMILES string of the molecule is COC(=O)c1ccc(/C=C/C(=O)OCc2ncc(-c3ccc(F)cc3)o2)cc1. The highest BCUT2D eigenvalue weighted by molar-refractivity contribution is 5.90. The fraction of sp³-hybridized carbons (Fsp3) is 0.0952. The molecule has 28 heavy (non-hydrogen) atoms. The van der Waals surface area contributed by atoms with Gasteiger partial charge in [-0.2, -0.15) is 0 Å². The molecular weight excluding hydrogens is 365 g/mol. The van der Waals surface area contributed by atoms with Gasteiger partial charge in [0.1, 0.15) is 5.82 Å². The standard InChI is InChI=1S/C21H16FNO5/c1-26-21(25)16-5-2-14(3-6-16)4-11-20(24)27-13-19-23-12-18(28-19)15-7-9-17(22)10-8-15/h2-12H,13H2,1H3/b11-4+. The predicted molar refractivity (Wildman–Crippen MR) is 98.5 cm³/mol. The van der Waals surface area contributed by atoms with Crippen molar-refractivity contribution in [3.8, 4) is 11.3 Å². The number of methoxy groups -OCH3 is 1. The van der Waals surface area contributed by atoms with Gasteiger partial charge in [0, 0.05) is 11.6 Å². The van der Waals surface area contributed by atoms with Gasteiger partial charge >= 0.3 is 11.9 Å². The molecule has 2 aromatic carbocycles. The van der Waals surface area contributed by atoms with E-state index in [2.05, 4.69) is 9.72 Å². The van der Waals surface area contributed by atoms with Crippen LogP contribution in [0.15, 0.2) is 65.2 Å². The fourth-order valence-electron chi connectivity index (χ4n) is 2.32. The minimum atomic E-state index is -0.571. The summed E-state index contributed by atoms with van der Waals surface area (Å²) >= 11 is 0. The fourth-order valence-corrected chi connectivity index (χ4v) is 2.32. The van der Waals surface area contributed by atoms with Crippen molar-refractivity contribution >= 4 is 18.0 Å². The van der Waals surface area contributed by atoms with Crippen LogP contribution < -0.4 is 0 Å². The lowest BCUT2D eigenvalue weighted by Gasteiger charge is -2.00. The van der Waals surface area contributed by atoms with Gasteiger partial charge in [-0.25, -0.2) is 19.0 Å². The summed E-state index contributed by atoms with van der Waals surface area (Å²) in [5.41, 5.74) is 1.81. The number of rotatable bonds is 6. The number of carbonyl (C=O) groups excluding carboxylic acids is 2. The molecule has 1 aromatic heterocycles. The molecular formula is C21H16FNO5. The Morgan fingerprint density at radius 3 is 2.50 bits per heavy atom. The second kappa shape index (κ2) is 8.77. The molecule has 0 atom stereocenters. The van der Waals surface area contributed by atoms with Gasteiger partial charge in [-0.05, 0) is 48.0 Å². The molecule has 0 aliphatic heterocycles. The summed E-state index contributed by atoms with van der Waals surface area (Å²) in [6, 6.07) is 12.3. The van der Waals surface area contributed by atoms with E-state index in [0.29, 0.717) is 16.9 Å². The van der Waals surface area contributed by atoms with Crippen molar-refractivity contribution in [2.75, 3.05) is 7.11 Å². The second-order valence-electron chi connectivity index (χ2n) is 5.68. The maximum Gasteiger partial charge on any atom is 0.337 e. The highest BCUT2D eigenvalue weighted by Crippen LogP contribution is 2.21. The highest BCUT2D eigenvalue weighted by Gasteiger charge is 2.09. The van der Waals surface area contributed by atoms with Crippen LogP contribution in [0.2, 0.25) is 0 Å². The lowest BCUT2D eigenvalue weighted by Crippen LogP contribution is -2.01. The van der Waals surface area contributed by atoms with Crippen molar-refractivity contribution in [1.29, 1.82) is 0 Å². The molecule has 0 spiro atoms. The minimum Gasteiger partial charge on any atom is -0.465 e. The Balaban J connectivity index is 1.53. The topological polar surface area (TPSA) is 78.6 Å². The smallest absolute Gasteiger partial charge is 0.337 e. The highest BCUT2D eigenvalue weighted by atomic mass is 19.1. The van der Waals surface area contributed by atoms with Crippen molar-refractivity contribution in [3.63, 3.8) is 0 Å². The lowest BCUT2D eigenvalue weighted by molar-refractivity contribution is -0.139. The predicted octanol–water partition coefficient (Wildman–Crippen LogP) is 4.02. The number of hydrogen-bond donors (Lipinski definition) is 0. The monoisotopic (exact) mass is 381 g/mol. The van der Waals surface area contributed by atoms with Crippen molar-refractivity contribution in [2.24, 2.45) is 0 Å². The van der Waals surface area contributed by atoms with Crippen molar-refractivity contribution < 1.29 is 27.9 Å². The molecule has 3 aromatic rings. The average Bonchev–Trinajstić information content (AvgIpc) is 3.20. The van der Waals surface area contributed by atoms with Crippen LogP contribution in [-0.2, 0) is 20.9 Å². The van der Waals surface area contributed by atoms with E-state index in [-0.39, 0.29) is 18.3 Å². The molecule has 0 aliphatic rings. The van der Waals surface area contributed by atoms with E-state index in [9.17, 15) is 14.0 Å². The van der Waals surface area contributed by atoms with Crippen molar-refractivity contribution in [1.82, 2.24) is 4.98 Å². The summed E-state index contributed by atoms with van der Waals surface area (Å²) in [4.78, 5) is 27.2. The van der Waals surface area contributed by atoms with Crippen LogP contribution in [0.4, 0.5) is 4.39 Å². The van der Waals surface area contributed by atoms with Gasteiger partial charge in [0.2, 0.25) is 5.89 Å². The zero-order valence-electron chi connectivity index (χ0n) is 14.9. The van der Waals surface area contributed by atoms with E-state index in [1.807, 2.05) is 0 Å². The van der Waals surface area contributed by atoms with Gasteiger partial charge < -0.3 is 13.9 Å². The number of benzene rings is 2. The summed E-state index contributed by atoms with van der Waals surface area (Å²) in [5, 5.41) is 0. The van der Waals surface area contributed by atoms with Crippen LogP contribution in [0.3, 0.4) is 0 Å². The number of oxazole rings is 1. The normalized spacial score (nSPS) is 10.8. The summed E-state index contributed by atoms with van der Waals surface area (Å²) in [6.45, 7) is -0.133. The van der Waals surface area contributed by atoms with Gasteiger partial charge in [-0.3, -0.25) is 0 Å². The number of ether oxygens (including phenoxy) is 2. The van der Waals surface area contributed by atoms with Crippen LogP contribution >= 0.6 is 0 Å². The van der Waals surface area contributed by atoms with Crippen molar-refractivity contribution in [2.45, 2.75) is 6.61 Å². The Kier molecular flexibility index (Phi) is 5.96. The summed E-state index contributed by atoms with van der Waals surface area (Å²) in [7, 11) is 1.31. The molecule has 0 bridgehead atoms. The number of hydrogen-bond acceptors (Lipinski definition) is 6. The summed E-state index contributed by atoms with van der Waals surface area (Å²) < 4.78 is 28.1. The molecule has 0 N–H and O–H groups in total. The third-order valence-electron chi connectivity index (χ3n) is 3.76. The number of nitrogens with zero attached hydrogens (tertiary/aromatic N) is 1. The van der Waals surface area contributed by atoms with E-state index in [4.69, 9.17) is 9.15 Å². The van der Waals surface area contributed by atoms with Crippen LogP contribution in [0.25, 0.3) is 17.4 Å².